The molecule has 1 fully saturated rings. The second-order valence-corrected chi connectivity index (χ2v) is 6.90. The van der Waals surface area contributed by atoms with E-state index in [1.165, 1.54) is 43.9 Å². The lowest BCUT2D eigenvalue weighted by molar-refractivity contribution is 0.217. The van der Waals surface area contributed by atoms with Crippen molar-refractivity contribution in [3.63, 3.8) is 0 Å². The number of urea groups is 1. The number of nitrogens with one attached hydrogen (secondary N) is 1. The Morgan fingerprint density at radius 1 is 0.964 bits per heavy atom. The van der Waals surface area contributed by atoms with E-state index in [0.717, 1.165) is 17.1 Å². The van der Waals surface area contributed by atoms with Crippen LogP contribution in [0.3, 0.4) is 0 Å². The second-order valence-electron chi connectivity index (χ2n) is 6.90. The molecule has 0 atom stereocenters. The van der Waals surface area contributed by atoms with Crippen LogP contribution in [0, 0.1) is 0 Å². The maximum absolute atomic E-state index is 10.5. The fourth-order valence-electron chi connectivity index (χ4n) is 3.41. The number of nitrogens with two attached hydrogens (primary N) is 1. The van der Waals surface area contributed by atoms with Gasteiger partial charge in [0.2, 0.25) is 0 Å². The lowest BCUT2D eigenvalue weighted by atomic mass is 9.84. The lowest BCUT2D eigenvalue weighted by Crippen LogP contribution is -2.24. The van der Waals surface area contributed by atoms with Crippen LogP contribution in [0.2, 0.25) is 0 Å². The minimum Gasteiger partial charge on any atom is -0.490 e. The number of hydrazone groups is 1. The van der Waals surface area contributed by atoms with Gasteiger partial charge in [-0.25, -0.2) is 10.2 Å². The minimum absolute atomic E-state index is 0.459. The molecule has 6 heteroatoms. The summed E-state index contributed by atoms with van der Waals surface area (Å²) in [6.45, 7) is 0.940. The molecule has 0 heterocycles. The highest BCUT2D eigenvalue weighted by atomic mass is 16.5. The fourth-order valence-corrected chi connectivity index (χ4v) is 3.41. The van der Waals surface area contributed by atoms with Gasteiger partial charge in [0.25, 0.3) is 0 Å². The molecule has 0 aromatic heterocycles. The summed E-state index contributed by atoms with van der Waals surface area (Å²) in [5, 5.41) is 3.71. The number of rotatable bonds is 8. The average molecular weight is 381 g/mol. The molecule has 2 aromatic rings. The Bertz CT molecular complexity index is 767. The summed E-state index contributed by atoms with van der Waals surface area (Å²) in [6, 6.07) is 15.2. The van der Waals surface area contributed by atoms with Crippen LogP contribution in [0.15, 0.2) is 53.6 Å². The van der Waals surface area contributed by atoms with E-state index in [0.29, 0.717) is 19.1 Å². The maximum Gasteiger partial charge on any atom is 0.332 e. The first-order valence-electron chi connectivity index (χ1n) is 9.75. The third-order valence-electron chi connectivity index (χ3n) is 4.85. The summed E-state index contributed by atoms with van der Waals surface area (Å²) < 4.78 is 11.5. The topological polar surface area (TPSA) is 85.9 Å². The molecule has 0 bridgehead atoms. The lowest BCUT2D eigenvalue weighted by Gasteiger charge is -2.22. The predicted octanol–water partition coefficient (Wildman–Crippen LogP) is 4.19. The third kappa shape index (κ3) is 6.30. The Hall–Kier alpha value is -3.02. The second kappa shape index (κ2) is 10.3. The van der Waals surface area contributed by atoms with Gasteiger partial charge in [0, 0.05) is 0 Å². The van der Waals surface area contributed by atoms with Gasteiger partial charge >= 0.3 is 6.03 Å². The van der Waals surface area contributed by atoms with Crippen LogP contribution in [0.1, 0.15) is 49.1 Å². The normalized spacial score (nSPS) is 14.7. The van der Waals surface area contributed by atoms with Crippen LogP contribution < -0.4 is 20.6 Å². The van der Waals surface area contributed by atoms with Crippen molar-refractivity contribution >= 4 is 12.2 Å². The zero-order chi connectivity index (χ0) is 19.6. The highest BCUT2D eigenvalue weighted by molar-refractivity contribution is 5.81. The molecule has 2 aromatic carbocycles. The Morgan fingerprint density at radius 3 is 2.11 bits per heavy atom. The van der Waals surface area contributed by atoms with Crippen molar-refractivity contribution in [3.8, 4) is 11.5 Å². The summed E-state index contributed by atoms with van der Waals surface area (Å²) >= 11 is 0. The van der Waals surface area contributed by atoms with Crippen LogP contribution in [-0.4, -0.2) is 25.5 Å². The van der Waals surface area contributed by atoms with Gasteiger partial charge in [0.15, 0.2) is 0 Å². The fraction of sp³-hybridized carbons (Fsp3) is 0.364. The minimum atomic E-state index is -0.695. The molecule has 0 spiro atoms. The number of nitrogens with zero attached hydrogens (tertiary/aromatic N) is 1. The monoisotopic (exact) mass is 381 g/mol. The van der Waals surface area contributed by atoms with Gasteiger partial charge < -0.3 is 15.2 Å². The van der Waals surface area contributed by atoms with Crippen molar-refractivity contribution in [3.05, 3.63) is 59.7 Å². The number of ether oxygens (including phenoxy) is 2. The van der Waals surface area contributed by atoms with Crippen LogP contribution in [-0.2, 0) is 0 Å². The number of hydrogen-bond donors (Lipinski definition) is 2. The summed E-state index contributed by atoms with van der Waals surface area (Å²) in [5.74, 6) is 2.33. The number of hydrogen-bond acceptors (Lipinski definition) is 4. The first-order valence-corrected chi connectivity index (χ1v) is 9.75. The first-order chi connectivity index (χ1) is 13.7. The number of carbonyl (C=O) groups excluding carboxylic acids is 1. The van der Waals surface area contributed by atoms with E-state index in [1.54, 1.807) is 0 Å². The highest BCUT2D eigenvalue weighted by Gasteiger charge is 2.15. The van der Waals surface area contributed by atoms with E-state index < -0.39 is 6.03 Å². The zero-order valence-electron chi connectivity index (χ0n) is 16.0. The predicted molar refractivity (Wildman–Crippen MR) is 110 cm³/mol. The Labute approximate surface area is 165 Å². The van der Waals surface area contributed by atoms with Crippen molar-refractivity contribution in [2.75, 3.05) is 13.2 Å². The van der Waals surface area contributed by atoms with E-state index in [4.69, 9.17) is 15.2 Å². The maximum atomic E-state index is 10.5. The van der Waals surface area contributed by atoms with Gasteiger partial charge in [-0.1, -0.05) is 31.4 Å². The summed E-state index contributed by atoms with van der Waals surface area (Å²) in [4.78, 5) is 10.5. The molecule has 2 amide bonds. The van der Waals surface area contributed by atoms with Gasteiger partial charge in [-0.05, 0) is 66.3 Å². The smallest absolute Gasteiger partial charge is 0.332 e. The van der Waals surface area contributed by atoms with Crippen molar-refractivity contribution in [2.24, 2.45) is 10.8 Å². The van der Waals surface area contributed by atoms with E-state index >= 15 is 0 Å². The molecule has 1 aliphatic rings. The van der Waals surface area contributed by atoms with Crippen molar-refractivity contribution < 1.29 is 14.3 Å². The Balaban J connectivity index is 1.38. The molecule has 148 valence electrons. The quantitative estimate of drug-likeness (QED) is 0.408. The zero-order valence-corrected chi connectivity index (χ0v) is 16.0. The van der Waals surface area contributed by atoms with Gasteiger partial charge in [-0.2, -0.15) is 5.10 Å². The highest BCUT2D eigenvalue weighted by Crippen LogP contribution is 2.33. The Kier molecular flexibility index (Phi) is 7.29. The summed E-state index contributed by atoms with van der Waals surface area (Å²) in [6.07, 6.45) is 8.19. The van der Waals surface area contributed by atoms with Gasteiger partial charge in [-0.3, -0.25) is 0 Å². The molecule has 0 aliphatic heterocycles. The van der Waals surface area contributed by atoms with E-state index in [-0.39, 0.29) is 0 Å². The SMILES string of the molecule is NC(=O)N/N=C/c1ccc(OCCOc2ccc(C3CCCCC3)cc2)cc1. The van der Waals surface area contributed by atoms with Gasteiger partial charge in [-0.15, -0.1) is 0 Å². The van der Waals surface area contributed by atoms with Crippen LogP contribution in [0.25, 0.3) is 0 Å². The van der Waals surface area contributed by atoms with Gasteiger partial charge in [0.1, 0.15) is 24.7 Å². The third-order valence-corrected chi connectivity index (χ3v) is 4.85. The molecule has 1 saturated carbocycles. The van der Waals surface area contributed by atoms with Gasteiger partial charge in [0.05, 0.1) is 6.21 Å². The molecule has 0 radical (unpaired) electrons. The number of amides is 2. The van der Waals surface area contributed by atoms with Crippen molar-refractivity contribution in [2.45, 2.75) is 38.0 Å². The van der Waals surface area contributed by atoms with Crippen LogP contribution >= 0.6 is 0 Å². The molecular formula is C22H27N3O3. The summed E-state index contributed by atoms with van der Waals surface area (Å²) in [7, 11) is 0. The standard InChI is InChI=1S/C22H27N3O3/c23-22(26)25-24-16-17-6-10-20(11-7-17)27-14-15-28-21-12-8-19(9-13-21)18-4-2-1-3-5-18/h6-13,16,18H,1-5,14-15H2,(H3,23,25,26)/b24-16+. The first kappa shape index (κ1) is 19.7. The van der Waals surface area contributed by atoms with Crippen molar-refractivity contribution in [1.82, 2.24) is 5.43 Å². The largest absolute Gasteiger partial charge is 0.490 e. The summed E-state index contributed by atoms with van der Waals surface area (Å²) in [5.41, 5.74) is 9.34. The molecule has 1 aliphatic carbocycles. The van der Waals surface area contributed by atoms with Crippen LogP contribution in [0.4, 0.5) is 4.79 Å². The molecule has 0 saturated heterocycles. The molecule has 3 N–H and O–H groups in total. The van der Waals surface area contributed by atoms with Crippen LogP contribution in [0.5, 0.6) is 11.5 Å². The molecular weight excluding hydrogens is 354 g/mol. The Morgan fingerprint density at radius 2 is 1.54 bits per heavy atom. The molecule has 6 nitrogen and oxygen atoms in total. The van der Waals surface area contributed by atoms with Crippen molar-refractivity contribution in [1.29, 1.82) is 0 Å². The number of benzene rings is 2. The molecule has 3 rings (SSSR count). The van der Waals surface area contributed by atoms with E-state index in [2.05, 4.69) is 34.8 Å². The van der Waals surface area contributed by atoms with E-state index in [1.807, 2.05) is 24.3 Å². The number of primary amides is 1. The molecule has 0 unspecified atom stereocenters. The average Bonchev–Trinajstić information content (AvgIpc) is 2.73. The molecule has 28 heavy (non-hydrogen) atoms. The number of carbonyl (C=O) groups is 1. The van der Waals surface area contributed by atoms with E-state index in [9.17, 15) is 4.79 Å².